The number of rotatable bonds is 2. The van der Waals surface area contributed by atoms with E-state index in [0.29, 0.717) is 0 Å². The van der Waals surface area contributed by atoms with Crippen LogP contribution in [0.2, 0.25) is 0 Å². The highest BCUT2D eigenvalue weighted by Gasteiger charge is 2.54. The summed E-state index contributed by atoms with van der Waals surface area (Å²) in [4.78, 5) is 14.9. The molecule has 0 saturated carbocycles. The van der Waals surface area contributed by atoms with Gasteiger partial charge in [0.15, 0.2) is 11.9 Å². The minimum Gasteiger partial charge on any atom is -0.394 e. The summed E-state index contributed by atoms with van der Waals surface area (Å²) in [6.45, 7) is 0.601. The molecule has 1 aliphatic rings. The Morgan fingerprint density at radius 3 is 2.94 bits per heavy atom. The quantitative estimate of drug-likeness (QED) is 0.713. The molecule has 4 atom stereocenters. The van der Waals surface area contributed by atoms with E-state index in [0.717, 1.165) is 11.5 Å². The van der Waals surface area contributed by atoms with E-state index in [1.807, 2.05) is 0 Å². The maximum atomic E-state index is 14.3. The predicted octanol–water partition coefficient (Wildman–Crippen LogP) is -0.778. The molecule has 17 heavy (non-hydrogen) atoms. The van der Waals surface area contributed by atoms with Crippen molar-refractivity contribution < 1.29 is 19.3 Å². The second-order valence-electron chi connectivity index (χ2n) is 4.12. The molecule has 6 nitrogen and oxygen atoms in total. The summed E-state index contributed by atoms with van der Waals surface area (Å²) in [6, 6.07) is 1.46. The summed E-state index contributed by atoms with van der Waals surface area (Å²) in [7, 11) is 0. The molecule has 1 aliphatic heterocycles. The highest BCUT2D eigenvalue weighted by molar-refractivity contribution is 5.00. The third-order valence-electron chi connectivity index (χ3n) is 2.89. The average Bonchev–Trinajstić information content (AvgIpc) is 2.52. The normalized spacial score (nSPS) is 37.3. The lowest BCUT2D eigenvalue weighted by atomic mass is 9.98. The summed E-state index contributed by atoms with van der Waals surface area (Å²) < 4.78 is 20.4. The second-order valence-corrected chi connectivity index (χ2v) is 4.12. The summed E-state index contributed by atoms with van der Waals surface area (Å²) in [5.41, 5.74) is -2.84. The number of alkyl halides is 1. The van der Waals surface area contributed by atoms with Crippen molar-refractivity contribution in [1.82, 2.24) is 9.55 Å². The maximum Gasteiger partial charge on any atom is 0.349 e. The summed E-state index contributed by atoms with van der Waals surface area (Å²) in [5.74, 6) is 0. The average molecular weight is 244 g/mol. The Hall–Kier alpha value is -1.31. The lowest BCUT2D eigenvalue weighted by Gasteiger charge is -2.24. The third kappa shape index (κ3) is 1.86. The minimum absolute atomic E-state index is 0.522. The molecule has 94 valence electrons. The van der Waals surface area contributed by atoms with Gasteiger partial charge in [0.2, 0.25) is 0 Å². The van der Waals surface area contributed by atoms with Crippen LogP contribution in [0.15, 0.2) is 23.3 Å². The van der Waals surface area contributed by atoms with Gasteiger partial charge in [-0.3, -0.25) is 4.57 Å². The van der Waals surface area contributed by atoms with Gasteiger partial charge < -0.3 is 14.9 Å². The van der Waals surface area contributed by atoms with Gasteiger partial charge in [0.1, 0.15) is 12.2 Å². The van der Waals surface area contributed by atoms with Crippen molar-refractivity contribution in [1.29, 1.82) is 0 Å². The highest BCUT2D eigenvalue weighted by atomic mass is 19.1. The van der Waals surface area contributed by atoms with E-state index < -0.39 is 36.4 Å². The van der Waals surface area contributed by atoms with Crippen molar-refractivity contribution in [3.05, 3.63) is 28.9 Å². The van der Waals surface area contributed by atoms with Gasteiger partial charge in [0, 0.05) is 12.4 Å². The Balaban J connectivity index is 2.41. The standard InChI is InChI=1S/C10H13FN2O4/c1-10(11)7(15)6(5-14)17-8(10)13-4-2-3-12-9(13)16/h2-4,6-8,14-15H,5H2,1H3/t6?,7-,8?,10+/m1/s1. The number of hydrogen-bond acceptors (Lipinski definition) is 5. The minimum atomic E-state index is -2.17. The van der Waals surface area contributed by atoms with Gasteiger partial charge in [0.05, 0.1) is 6.61 Å². The van der Waals surface area contributed by atoms with Gasteiger partial charge in [-0.2, -0.15) is 0 Å². The molecule has 1 fully saturated rings. The largest absolute Gasteiger partial charge is 0.394 e. The van der Waals surface area contributed by atoms with Crippen molar-refractivity contribution >= 4 is 0 Å². The molecule has 1 aromatic rings. The van der Waals surface area contributed by atoms with E-state index in [4.69, 9.17) is 9.84 Å². The van der Waals surface area contributed by atoms with Gasteiger partial charge in [-0.05, 0) is 13.0 Å². The fourth-order valence-electron chi connectivity index (χ4n) is 1.91. The third-order valence-corrected chi connectivity index (χ3v) is 2.89. The molecule has 0 bridgehead atoms. The van der Waals surface area contributed by atoms with Gasteiger partial charge in [-0.15, -0.1) is 0 Å². The van der Waals surface area contributed by atoms with Crippen LogP contribution in [0.25, 0.3) is 0 Å². The zero-order chi connectivity index (χ0) is 12.6. The molecule has 7 heteroatoms. The molecule has 0 radical (unpaired) electrons. The molecule has 1 saturated heterocycles. The van der Waals surface area contributed by atoms with Crippen molar-refractivity contribution in [2.24, 2.45) is 0 Å². The van der Waals surface area contributed by atoms with Crippen LogP contribution >= 0.6 is 0 Å². The van der Waals surface area contributed by atoms with E-state index in [-0.39, 0.29) is 0 Å². The Morgan fingerprint density at radius 2 is 2.41 bits per heavy atom. The lowest BCUT2D eigenvalue weighted by Crippen LogP contribution is -2.42. The van der Waals surface area contributed by atoms with Crippen LogP contribution in [0.5, 0.6) is 0 Å². The Morgan fingerprint density at radius 1 is 1.71 bits per heavy atom. The molecular weight excluding hydrogens is 231 g/mol. The summed E-state index contributed by atoms with van der Waals surface area (Å²) in [6.07, 6.45) is -1.24. The van der Waals surface area contributed by atoms with Crippen molar-refractivity contribution in [2.75, 3.05) is 6.61 Å². The molecule has 2 N–H and O–H groups in total. The Bertz CT molecular complexity index is 462. The highest BCUT2D eigenvalue weighted by Crippen LogP contribution is 2.40. The van der Waals surface area contributed by atoms with Crippen LogP contribution in [0.3, 0.4) is 0 Å². The summed E-state index contributed by atoms with van der Waals surface area (Å²) >= 11 is 0. The fraction of sp³-hybridized carbons (Fsp3) is 0.600. The number of halogens is 1. The molecule has 0 spiro atoms. The van der Waals surface area contributed by atoms with E-state index in [2.05, 4.69) is 4.98 Å². The van der Waals surface area contributed by atoms with E-state index in [1.54, 1.807) is 0 Å². The van der Waals surface area contributed by atoms with E-state index in [1.165, 1.54) is 18.5 Å². The molecule has 2 rings (SSSR count). The van der Waals surface area contributed by atoms with Gasteiger partial charge in [-0.25, -0.2) is 14.2 Å². The van der Waals surface area contributed by atoms with Gasteiger partial charge in [0.25, 0.3) is 0 Å². The number of aliphatic hydroxyl groups is 2. The lowest BCUT2D eigenvalue weighted by molar-refractivity contribution is -0.0611. The van der Waals surface area contributed by atoms with E-state index >= 15 is 0 Å². The smallest absolute Gasteiger partial charge is 0.349 e. The van der Waals surface area contributed by atoms with Crippen LogP contribution in [0.1, 0.15) is 13.2 Å². The topological polar surface area (TPSA) is 84.6 Å². The number of ether oxygens (including phenoxy) is 1. The Labute approximate surface area is 96.3 Å². The fourth-order valence-corrected chi connectivity index (χ4v) is 1.91. The number of nitrogens with zero attached hydrogens (tertiary/aromatic N) is 2. The van der Waals surface area contributed by atoms with E-state index in [9.17, 15) is 14.3 Å². The zero-order valence-electron chi connectivity index (χ0n) is 9.15. The summed E-state index contributed by atoms with van der Waals surface area (Å²) in [5, 5.41) is 18.6. The van der Waals surface area contributed by atoms with Gasteiger partial charge >= 0.3 is 5.69 Å². The molecular formula is C10H13FN2O4. The molecule has 2 heterocycles. The van der Waals surface area contributed by atoms with Crippen molar-refractivity contribution in [2.45, 2.75) is 31.0 Å². The molecule has 0 aromatic carbocycles. The van der Waals surface area contributed by atoms with Crippen LogP contribution in [0.4, 0.5) is 4.39 Å². The number of hydrogen-bond donors (Lipinski definition) is 2. The van der Waals surface area contributed by atoms with Gasteiger partial charge in [-0.1, -0.05) is 0 Å². The van der Waals surface area contributed by atoms with Crippen LogP contribution in [-0.4, -0.2) is 44.2 Å². The van der Waals surface area contributed by atoms with Crippen LogP contribution in [-0.2, 0) is 4.74 Å². The van der Waals surface area contributed by atoms with Crippen LogP contribution < -0.4 is 5.69 Å². The molecule has 0 amide bonds. The van der Waals surface area contributed by atoms with Crippen molar-refractivity contribution in [3.63, 3.8) is 0 Å². The molecule has 0 aliphatic carbocycles. The first-order chi connectivity index (χ1) is 7.98. The zero-order valence-corrected chi connectivity index (χ0v) is 9.15. The number of aromatic nitrogens is 2. The first-order valence-corrected chi connectivity index (χ1v) is 5.15. The SMILES string of the molecule is C[C@@]1(F)C(n2cccnc2=O)OC(CO)[C@H]1O. The monoisotopic (exact) mass is 244 g/mol. The number of aliphatic hydroxyl groups excluding tert-OH is 2. The first kappa shape index (κ1) is 12.2. The molecule has 2 unspecified atom stereocenters. The molecule has 1 aromatic heterocycles. The maximum absolute atomic E-state index is 14.3. The Kier molecular flexibility index (Phi) is 2.98. The first-order valence-electron chi connectivity index (χ1n) is 5.15. The van der Waals surface area contributed by atoms with Crippen LogP contribution in [0, 0.1) is 0 Å². The predicted molar refractivity (Wildman–Crippen MR) is 55.0 cm³/mol. The second kappa shape index (κ2) is 4.17. The van der Waals surface area contributed by atoms with Crippen molar-refractivity contribution in [3.8, 4) is 0 Å².